The highest BCUT2D eigenvalue weighted by atomic mass is 16.4. The summed E-state index contributed by atoms with van der Waals surface area (Å²) in [6, 6.07) is 7.80. The van der Waals surface area contributed by atoms with E-state index in [0.29, 0.717) is 22.6 Å². The second-order valence-electron chi connectivity index (χ2n) is 5.93. The molecular weight excluding hydrogens is 324 g/mol. The van der Waals surface area contributed by atoms with E-state index in [1.807, 2.05) is 0 Å². The Morgan fingerprint density at radius 1 is 1.00 bits per heavy atom. The molecule has 7 nitrogen and oxygen atoms in total. The third-order valence-electron chi connectivity index (χ3n) is 3.72. The van der Waals surface area contributed by atoms with E-state index in [-0.39, 0.29) is 23.9 Å². The molecule has 2 amide bonds. The fraction of sp³-hybridized carbons (Fsp3) is 0.278. The van der Waals surface area contributed by atoms with Crippen molar-refractivity contribution >= 4 is 17.8 Å². The van der Waals surface area contributed by atoms with Gasteiger partial charge in [-0.05, 0) is 37.3 Å². The highest BCUT2D eigenvalue weighted by Crippen LogP contribution is 2.17. The van der Waals surface area contributed by atoms with Crippen molar-refractivity contribution in [2.24, 2.45) is 0 Å². The second kappa shape index (κ2) is 7.21. The Morgan fingerprint density at radius 3 is 1.96 bits per heavy atom. The van der Waals surface area contributed by atoms with E-state index >= 15 is 0 Å². The molecule has 0 spiro atoms. The molecule has 1 aromatic heterocycles. The maximum Gasteiger partial charge on any atom is 0.339 e. The molecule has 132 valence electrons. The molecule has 0 saturated carbocycles. The van der Waals surface area contributed by atoms with Crippen molar-refractivity contribution in [2.75, 3.05) is 21.1 Å². The number of aryl methyl sites for hydroxylation is 1. The highest BCUT2D eigenvalue weighted by molar-refractivity contribution is 5.97. The number of carboxylic acids is 1. The van der Waals surface area contributed by atoms with Crippen LogP contribution >= 0.6 is 0 Å². The third kappa shape index (κ3) is 4.06. The summed E-state index contributed by atoms with van der Waals surface area (Å²) in [6.45, 7) is 1.71. The van der Waals surface area contributed by atoms with Gasteiger partial charge >= 0.3 is 5.97 Å². The topological polar surface area (TPSA) is 91.1 Å². The number of carbonyl (C=O) groups excluding carboxylic acids is 2. The maximum absolute atomic E-state index is 12.5. The number of nitrogens with zero attached hydrogens (tertiary/aromatic N) is 2. The van der Waals surface area contributed by atoms with Crippen molar-refractivity contribution < 1.29 is 23.9 Å². The molecule has 1 heterocycles. The van der Waals surface area contributed by atoms with Crippen LogP contribution in [0.15, 0.2) is 34.7 Å². The van der Waals surface area contributed by atoms with Crippen LogP contribution in [0.25, 0.3) is 0 Å². The minimum atomic E-state index is -1.07. The quantitative estimate of drug-likeness (QED) is 0.898. The van der Waals surface area contributed by atoms with Gasteiger partial charge in [0.15, 0.2) is 0 Å². The summed E-state index contributed by atoms with van der Waals surface area (Å²) in [5.41, 5.74) is 1.01. The summed E-state index contributed by atoms with van der Waals surface area (Å²) in [7, 11) is 4.91. The second-order valence-corrected chi connectivity index (χ2v) is 5.93. The smallest absolute Gasteiger partial charge is 0.339 e. The lowest BCUT2D eigenvalue weighted by Gasteiger charge is -2.16. The fourth-order valence-electron chi connectivity index (χ4n) is 2.37. The standard InChI is InChI=1S/C18H20N2O5/c1-11-15(18(23)24)9-14(25-11)10-20(4)17(22)13-7-5-12(6-8-13)16(21)19(2)3/h5-9H,10H2,1-4H3,(H,23,24). The Hall–Kier alpha value is -3.09. The number of hydrogen-bond acceptors (Lipinski definition) is 4. The summed E-state index contributed by atoms with van der Waals surface area (Å²) in [6.07, 6.45) is 0. The van der Waals surface area contributed by atoms with Gasteiger partial charge in [0.1, 0.15) is 17.1 Å². The summed E-state index contributed by atoms with van der Waals surface area (Å²) in [4.78, 5) is 38.2. The molecule has 0 bridgehead atoms. The lowest BCUT2D eigenvalue weighted by atomic mass is 10.1. The Bertz CT molecular complexity index is 805. The van der Waals surface area contributed by atoms with E-state index in [9.17, 15) is 14.4 Å². The lowest BCUT2D eigenvalue weighted by molar-refractivity contribution is 0.0693. The highest BCUT2D eigenvalue weighted by Gasteiger charge is 2.18. The van der Waals surface area contributed by atoms with Crippen molar-refractivity contribution in [1.29, 1.82) is 0 Å². The SMILES string of the molecule is Cc1oc(CN(C)C(=O)c2ccc(C(=O)N(C)C)cc2)cc1C(=O)O. The van der Waals surface area contributed by atoms with Gasteiger partial charge in [-0.2, -0.15) is 0 Å². The zero-order chi connectivity index (χ0) is 18.7. The molecule has 1 N–H and O–H groups in total. The van der Waals surface area contributed by atoms with Gasteiger partial charge in [0.25, 0.3) is 11.8 Å². The molecule has 0 atom stereocenters. The molecule has 0 aliphatic carbocycles. The van der Waals surface area contributed by atoms with E-state index in [1.165, 1.54) is 15.9 Å². The number of hydrogen-bond donors (Lipinski definition) is 1. The number of rotatable bonds is 5. The van der Waals surface area contributed by atoms with E-state index in [2.05, 4.69) is 0 Å². The zero-order valence-corrected chi connectivity index (χ0v) is 14.6. The maximum atomic E-state index is 12.5. The van der Waals surface area contributed by atoms with E-state index in [0.717, 1.165) is 0 Å². The van der Waals surface area contributed by atoms with E-state index in [1.54, 1.807) is 52.3 Å². The van der Waals surface area contributed by atoms with Crippen LogP contribution in [0.2, 0.25) is 0 Å². The van der Waals surface area contributed by atoms with Gasteiger partial charge in [0.2, 0.25) is 0 Å². The van der Waals surface area contributed by atoms with Crippen molar-refractivity contribution in [2.45, 2.75) is 13.5 Å². The van der Waals surface area contributed by atoms with Gasteiger partial charge in [-0.15, -0.1) is 0 Å². The number of aromatic carboxylic acids is 1. The van der Waals surface area contributed by atoms with Gasteiger partial charge in [0.05, 0.1) is 6.54 Å². The minimum Gasteiger partial charge on any atom is -0.478 e. The minimum absolute atomic E-state index is 0.0856. The number of amides is 2. The first kappa shape index (κ1) is 18.3. The predicted molar refractivity (Wildman–Crippen MR) is 90.7 cm³/mol. The first-order chi connectivity index (χ1) is 11.7. The molecule has 0 aliphatic heterocycles. The van der Waals surface area contributed by atoms with Gasteiger partial charge in [-0.3, -0.25) is 9.59 Å². The molecular formula is C18H20N2O5. The number of carboxylic acid groups (broad SMARTS) is 1. The lowest BCUT2D eigenvalue weighted by Crippen LogP contribution is -2.26. The molecule has 1 aromatic carbocycles. The molecule has 7 heteroatoms. The summed E-state index contributed by atoms with van der Waals surface area (Å²) in [5.74, 6) is -0.767. The van der Waals surface area contributed by atoms with Crippen LogP contribution in [0.5, 0.6) is 0 Å². The molecule has 0 saturated heterocycles. The largest absolute Gasteiger partial charge is 0.478 e. The summed E-state index contributed by atoms with van der Waals surface area (Å²) in [5, 5.41) is 9.04. The van der Waals surface area contributed by atoms with Crippen LogP contribution < -0.4 is 0 Å². The molecule has 0 radical (unpaired) electrons. The van der Waals surface area contributed by atoms with Crippen molar-refractivity contribution in [1.82, 2.24) is 9.80 Å². The molecule has 0 fully saturated rings. The van der Waals surface area contributed by atoms with Crippen LogP contribution in [-0.2, 0) is 6.54 Å². The first-order valence-corrected chi connectivity index (χ1v) is 7.60. The van der Waals surface area contributed by atoms with Crippen LogP contribution in [0.1, 0.15) is 42.6 Å². The zero-order valence-electron chi connectivity index (χ0n) is 14.6. The van der Waals surface area contributed by atoms with E-state index < -0.39 is 5.97 Å². The number of carbonyl (C=O) groups is 3. The van der Waals surface area contributed by atoms with Crippen LogP contribution in [-0.4, -0.2) is 53.8 Å². The third-order valence-corrected chi connectivity index (χ3v) is 3.72. The summed E-state index contributed by atoms with van der Waals surface area (Å²) < 4.78 is 5.38. The average molecular weight is 344 g/mol. The number of benzene rings is 1. The molecule has 0 aliphatic rings. The molecule has 25 heavy (non-hydrogen) atoms. The molecule has 2 aromatic rings. The van der Waals surface area contributed by atoms with Crippen LogP contribution in [0, 0.1) is 6.92 Å². The van der Waals surface area contributed by atoms with Gasteiger partial charge in [-0.25, -0.2) is 4.79 Å². The van der Waals surface area contributed by atoms with Gasteiger partial charge in [-0.1, -0.05) is 0 Å². The Balaban J connectivity index is 2.10. The van der Waals surface area contributed by atoms with Gasteiger partial charge < -0.3 is 19.3 Å². The normalized spacial score (nSPS) is 10.4. The van der Waals surface area contributed by atoms with Gasteiger partial charge in [0, 0.05) is 32.3 Å². The summed E-state index contributed by atoms with van der Waals surface area (Å²) >= 11 is 0. The fourth-order valence-corrected chi connectivity index (χ4v) is 2.37. The van der Waals surface area contributed by atoms with Crippen molar-refractivity contribution in [3.63, 3.8) is 0 Å². The van der Waals surface area contributed by atoms with Crippen molar-refractivity contribution in [3.8, 4) is 0 Å². The van der Waals surface area contributed by atoms with Crippen LogP contribution in [0.3, 0.4) is 0 Å². The predicted octanol–water partition coefficient (Wildman–Crippen LogP) is 2.26. The first-order valence-electron chi connectivity index (χ1n) is 7.60. The monoisotopic (exact) mass is 344 g/mol. The Kier molecular flexibility index (Phi) is 5.26. The average Bonchev–Trinajstić information content (AvgIpc) is 2.94. The Morgan fingerprint density at radius 2 is 1.52 bits per heavy atom. The molecule has 0 unspecified atom stereocenters. The Labute approximate surface area is 145 Å². The van der Waals surface area contributed by atoms with E-state index in [4.69, 9.17) is 9.52 Å². The van der Waals surface area contributed by atoms with Crippen molar-refractivity contribution in [3.05, 3.63) is 58.5 Å². The number of furan rings is 1. The molecule has 2 rings (SSSR count). The van der Waals surface area contributed by atoms with Crippen LogP contribution in [0.4, 0.5) is 0 Å².